The molecule has 0 spiro atoms. The second-order valence-corrected chi connectivity index (χ2v) is 8.80. The summed E-state index contributed by atoms with van der Waals surface area (Å²) in [4.78, 5) is 10.9. The summed E-state index contributed by atoms with van der Waals surface area (Å²) in [5.41, 5.74) is 0. The van der Waals surface area contributed by atoms with E-state index in [2.05, 4.69) is 13.8 Å². The standard InChI is InChI=1S/C22H40O/c1-18-10-8-15-22(19(18)2)14-7-5-3-4-6-11-20-12-9-13-21(16-20)17-23/h17-22H,3-16H2,1-2H3. The molecule has 0 bridgehead atoms. The lowest BCUT2D eigenvalue weighted by Gasteiger charge is -2.34. The number of carbonyl (C=O) groups is 1. The zero-order valence-corrected chi connectivity index (χ0v) is 15.8. The van der Waals surface area contributed by atoms with Gasteiger partial charge in [-0.05, 0) is 36.5 Å². The van der Waals surface area contributed by atoms with Gasteiger partial charge in [0.25, 0.3) is 0 Å². The molecule has 23 heavy (non-hydrogen) atoms. The predicted molar refractivity (Wildman–Crippen MR) is 99.5 cm³/mol. The van der Waals surface area contributed by atoms with Crippen molar-refractivity contribution in [2.24, 2.45) is 29.6 Å². The molecule has 0 heterocycles. The highest BCUT2D eigenvalue weighted by atomic mass is 16.1. The molecule has 0 radical (unpaired) electrons. The topological polar surface area (TPSA) is 17.1 Å². The lowest BCUT2D eigenvalue weighted by Crippen LogP contribution is -2.23. The Kier molecular flexibility index (Phi) is 8.69. The van der Waals surface area contributed by atoms with Gasteiger partial charge in [-0.1, -0.05) is 90.9 Å². The minimum atomic E-state index is 0.383. The Balaban J connectivity index is 1.46. The van der Waals surface area contributed by atoms with Crippen molar-refractivity contribution in [1.82, 2.24) is 0 Å². The van der Waals surface area contributed by atoms with E-state index < -0.39 is 0 Å². The Morgan fingerprint density at radius 3 is 2.30 bits per heavy atom. The molecule has 0 aromatic rings. The maximum atomic E-state index is 10.9. The molecular weight excluding hydrogens is 280 g/mol. The van der Waals surface area contributed by atoms with Crippen LogP contribution in [0, 0.1) is 29.6 Å². The van der Waals surface area contributed by atoms with Crippen LogP contribution in [-0.4, -0.2) is 6.29 Å². The van der Waals surface area contributed by atoms with Crippen LogP contribution in [0.1, 0.15) is 104 Å². The number of rotatable bonds is 9. The van der Waals surface area contributed by atoms with E-state index in [1.165, 1.54) is 89.8 Å². The van der Waals surface area contributed by atoms with Crippen LogP contribution in [0.3, 0.4) is 0 Å². The summed E-state index contributed by atoms with van der Waals surface area (Å²) in [6, 6.07) is 0. The van der Waals surface area contributed by atoms with Crippen LogP contribution < -0.4 is 0 Å². The number of hydrogen-bond acceptors (Lipinski definition) is 1. The van der Waals surface area contributed by atoms with Crippen molar-refractivity contribution >= 4 is 6.29 Å². The van der Waals surface area contributed by atoms with E-state index >= 15 is 0 Å². The molecule has 0 amide bonds. The molecule has 2 aliphatic rings. The zero-order chi connectivity index (χ0) is 16.5. The quantitative estimate of drug-likeness (QED) is 0.337. The number of carbonyl (C=O) groups excluding carboxylic acids is 1. The fourth-order valence-electron chi connectivity index (χ4n) is 5.19. The van der Waals surface area contributed by atoms with E-state index in [0.717, 1.165) is 30.1 Å². The van der Waals surface area contributed by atoms with Gasteiger partial charge in [-0.15, -0.1) is 0 Å². The van der Waals surface area contributed by atoms with Gasteiger partial charge in [0.2, 0.25) is 0 Å². The minimum Gasteiger partial charge on any atom is -0.303 e. The van der Waals surface area contributed by atoms with E-state index in [-0.39, 0.29) is 0 Å². The molecule has 2 aliphatic carbocycles. The molecule has 5 unspecified atom stereocenters. The molecule has 0 N–H and O–H groups in total. The third-order valence-corrected chi connectivity index (χ3v) is 7.08. The first-order chi connectivity index (χ1) is 11.2. The second kappa shape index (κ2) is 10.5. The Labute approximate surface area is 145 Å². The molecule has 2 saturated carbocycles. The first-order valence-corrected chi connectivity index (χ1v) is 10.7. The van der Waals surface area contributed by atoms with Gasteiger partial charge in [0.1, 0.15) is 6.29 Å². The van der Waals surface area contributed by atoms with E-state index in [1.54, 1.807) is 0 Å². The van der Waals surface area contributed by atoms with Crippen LogP contribution in [0.5, 0.6) is 0 Å². The maximum Gasteiger partial charge on any atom is 0.123 e. The van der Waals surface area contributed by atoms with Crippen molar-refractivity contribution in [3.8, 4) is 0 Å². The van der Waals surface area contributed by atoms with Gasteiger partial charge in [0.05, 0.1) is 0 Å². The summed E-state index contributed by atoms with van der Waals surface area (Å²) in [6.07, 6.45) is 20.6. The average Bonchev–Trinajstić information content (AvgIpc) is 2.58. The van der Waals surface area contributed by atoms with Crippen molar-refractivity contribution in [3.63, 3.8) is 0 Å². The zero-order valence-electron chi connectivity index (χ0n) is 15.8. The third-order valence-electron chi connectivity index (χ3n) is 7.08. The van der Waals surface area contributed by atoms with E-state index in [4.69, 9.17) is 0 Å². The van der Waals surface area contributed by atoms with Crippen molar-refractivity contribution in [2.75, 3.05) is 0 Å². The average molecular weight is 321 g/mol. The van der Waals surface area contributed by atoms with Gasteiger partial charge in [-0.25, -0.2) is 0 Å². The first-order valence-electron chi connectivity index (χ1n) is 10.7. The van der Waals surface area contributed by atoms with Gasteiger partial charge in [0, 0.05) is 5.92 Å². The predicted octanol–water partition coefficient (Wildman–Crippen LogP) is 6.79. The fourth-order valence-corrected chi connectivity index (χ4v) is 5.19. The first kappa shape index (κ1) is 19.0. The monoisotopic (exact) mass is 320 g/mol. The van der Waals surface area contributed by atoms with Crippen molar-refractivity contribution in [3.05, 3.63) is 0 Å². The van der Waals surface area contributed by atoms with Gasteiger partial charge < -0.3 is 4.79 Å². The summed E-state index contributed by atoms with van der Waals surface area (Å²) in [6.45, 7) is 4.95. The van der Waals surface area contributed by atoms with Crippen LogP contribution in [0.2, 0.25) is 0 Å². The van der Waals surface area contributed by atoms with Gasteiger partial charge >= 0.3 is 0 Å². The molecule has 134 valence electrons. The Hall–Kier alpha value is -0.330. The summed E-state index contributed by atoms with van der Waals surface area (Å²) in [5.74, 6) is 4.17. The van der Waals surface area contributed by atoms with Crippen molar-refractivity contribution in [2.45, 2.75) is 104 Å². The highest BCUT2D eigenvalue weighted by Crippen LogP contribution is 2.37. The molecule has 2 fully saturated rings. The van der Waals surface area contributed by atoms with Crippen LogP contribution in [-0.2, 0) is 4.79 Å². The largest absolute Gasteiger partial charge is 0.303 e. The lowest BCUT2D eigenvalue weighted by molar-refractivity contribution is -0.112. The van der Waals surface area contributed by atoms with E-state index in [1.807, 2.05) is 0 Å². The molecule has 1 heteroatoms. The smallest absolute Gasteiger partial charge is 0.123 e. The number of aldehydes is 1. The molecule has 0 aromatic heterocycles. The molecule has 0 saturated heterocycles. The Bertz CT molecular complexity index is 324. The van der Waals surface area contributed by atoms with E-state index in [9.17, 15) is 4.79 Å². The molecular formula is C22H40O. The van der Waals surface area contributed by atoms with Crippen LogP contribution in [0.25, 0.3) is 0 Å². The SMILES string of the molecule is CC1CCCC(CCCCCCCC2CCCC(C=O)C2)C1C. The minimum absolute atomic E-state index is 0.383. The second-order valence-electron chi connectivity index (χ2n) is 8.80. The van der Waals surface area contributed by atoms with E-state index in [0.29, 0.717) is 5.92 Å². The van der Waals surface area contributed by atoms with Gasteiger partial charge in [-0.3, -0.25) is 0 Å². The van der Waals surface area contributed by atoms with Crippen LogP contribution in [0.4, 0.5) is 0 Å². The van der Waals surface area contributed by atoms with Gasteiger partial charge in [0.15, 0.2) is 0 Å². The number of hydrogen-bond donors (Lipinski definition) is 0. The normalized spacial score (nSPS) is 35.1. The third kappa shape index (κ3) is 6.59. The Morgan fingerprint density at radius 2 is 1.52 bits per heavy atom. The van der Waals surface area contributed by atoms with Crippen LogP contribution >= 0.6 is 0 Å². The molecule has 5 atom stereocenters. The summed E-state index contributed by atoms with van der Waals surface area (Å²) >= 11 is 0. The summed E-state index contributed by atoms with van der Waals surface area (Å²) in [7, 11) is 0. The summed E-state index contributed by atoms with van der Waals surface area (Å²) in [5, 5.41) is 0. The maximum absolute atomic E-state index is 10.9. The lowest BCUT2D eigenvalue weighted by atomic mass is 9.72. The Morgan fingerprint density at radius 1 is 0.826 bits per heavy atom. The molecule has 1 nitrogen and oxygen atoms in total. The molecule has 0 aliphatic heterocycles. The van der Waals surface area contributed by atoms with Crippen LogP contribution in [0.15, 0.2) is 0 Å². The van der Waals surface area contributed by atoms with Crippen molar-refractivity contribution < 1.29 is 4.79 Å². The summed E-state index contributed by atoms with van der Waals surface area (Å²) < 4.78 is 0. The highest BCUT2D eigenvalue weighted by Gasteiger charge is 2.26. The van der Waals surface area contributed by atoms with Gasteiger partial charge in [-0.2, -0.15) is 0 Å². The highest BCUT2D eigenvalue weighted by molar-refractivity contribution is 5.53. The fraction of sp³-hybridized carbons (Fsp3) is 0.955. The molecule has 0 aromatic carbocycles. The molecule has 2 rings (SSSR count). The number of unbranched alkanes of at least 4 members (excludes halogenated alkanes) is 4. The van der Waals surface area contributed by atoms with Crippen molar-refractivity contribution in [1.29, 1.82) is 0 Å².